The summed E-state index contributed by atoms with van der Waals surface area (Å²) in [5.41, 5.74) is 0. The molecule has 2 saturated carbocycles. The van der Waals surface area contributed by atoms with Gasteiger partial charge in [-0.15, -0.1) is 0 Å². The Bertz CT molecular complexity index is 275. The van der Waals surface area contributed by atoms with Crippen LogP contribution in [0.3, 0.4) is 0 Å². The van der Waals surface area contributed by atoms with Gasteiger partial charge in [0.2, 0.25) is 0 Å². The molecular weight excluding hydrogens is 265 g/mol. The fourth-order valence-corrected chi connectivity index (χ4v) is 6.77. The fourth-order valence-electron chi connectivity index (χ4n) is 3.45. The van der Waals surface area contributed by atoms with Gasteiger partial charge < -0.3 is 0 Å². The summed E-state index contributed by atoms with van der Waals surface area (Å²) in [6.45, 7) is 0. The second-order valence-electron chi connectivity index (χ2n) is 5.49. The molecule has 1 amide bonds. The van der Waals surface area contributed by atoms with Crippen molar-refractivity contribution < 1.29 is 4.79 Å². The van der Waals surface area contributed by atoms with Gasteiger partial charge >= 0.3 is 104 Å². The van der Waals surface area contributed by atoms with E-state index in [0.29, 0.717) is 33.0 Å². The van der Waals surface area contributed by atoms with Crippen LogP contribution < -0.4 is 0 Å². The predicted molar refractivity (Wildman–Crippen MR) is 65.2 cm³/mol. The van der Waals surface area contributed by atoms with Crippen molar-refractivity contribution in [3.63, 3.8) is 0 Å². The second kappa shape index (κ2) is 4.70. The van der Waals surface area contributed by atoms with Gasteiger partial charge in [-0.1, -0.05) is 0 Å². The van der Waals surface area contributed by atoms with Crippen LogP contribution in [-0.4, -0.2) is 31.0 Å². The number of hydrogen-bond acceptors (Lipinski definition) is 1. The molecule has 2 atom stereocenters. The van der Waals surface area contributed by atoms with Crippen molar-refractivity contribution in [3.05, 3.63) is 0 Å². The molecule has 1 saturated heterocycles. The minimum atomic E-state index is 0.440. The molecule has 1 heterocycles. The topological polar surface area (TPSA) is 20.3 Å². The maximum absolute atomic E-state index is 12.4. The Kier molecular flexibility index (Phi) is 3.26. The average molecular weight is 286 g/mol. The van der Waals surface area contributed by atoms with Crippen LogP contribution in [0.25, 0.3) is 0 Å². The van der Waals surface area contributed by atoms with Gasteiger partial charge in [0.1, 0.15) is 0 Å². The first-order valence-corrected chi connectivity index (χ1v) is 8.61. The zero-order chi connectivity index (χ0) is 11.0. The molecule has 0 spiro atoms. The molecule has 0 aromatic rings. The van der Waals surface area contributed by atoms with E-state index in [1.807, 2.05) is 0 Å². The van der Waals surface area contributed by atoms with E-state index >= 15 is 0 Å². The Morgan fingerprint density at radius 2 is 1.62 bits per heavy atom. The quantitative estimate of drug-likeness (QED) is 0.679. The van der Waals surface area contributed by atoms with Crippen molar-refractivity contribution in [2.24, 2.45) is 5.92 Å². The summed E-state index contributed by atoms with van der Waals surface area (Å²) in [5, 5.41) is 0. The zero-order valence-corrected chi connectivity index (χ0v) is 11.6. The number of carbonyl (C=O) groups excluding carboxylic acids is 1. The maximum atomic E-state index is 12.4. The number of fused-ring (bicyclic) bond motifs is 1. The van der Waals surface area contributed by atoms with E-state index < -0.39 is 0 Å². The van der Waals surface area contributed by atoms with Crippen molar-refractivity contribution in [1.29, 1.82) is 0 Å². The first-order valence-electron chi connectivity index (χ1n) is 6.86. The summed E-state index contributed by atoms with van der Waals surface area (Å²) in [5.74, 6) is 0.979. The first-order chi connectivity index (χ1) is 7.86. The summed E-state index contributed by atoms with van der Waals surface area (Å²) in [6.07, 6.45) is 11.8. The molecule has 3 heteroatoms. The van der Waals surface area contributed by atoms with Crippen LogP contribution in [0.2, 0.25) is 4.82 Å². The molecule has 3 aliphatic rings. The van der Waals surface area contributed by atoms with Crippen LogP contribution >= 0.6 is 0 Å². The second-order valence-corrected chi connectivity index (χ2v) is 8.03. The Hall–Kier alpha value is -0.0105. The average Bonchev–Trinajstić information content (AvgIpc) is 2.69. The van der Waals surface area contributed by atoms with E-state index in [4.69, 9.17) is 0 Å². The van der Waals surface area contributed by atoms with Crippen LogP contribution in [-0.2, 0) is 4.79 Å². The fraction of sp³-hybridized carbons (Fsp3) is 0.923. The van der Waals surface area contributed by atoms with Gasteiger partial charge in [-0.3, -0.25) is 0 Å². The van der Waals surface area contributed by atoms with E-state index in [1.54, 1.807) is 0 Å². The number of nitrogens with zero attached hydrogens (tertiary/aromatic N) is 1. The zero-order valence-electron chi connectivity index (χ0n) is 9.86. The third-order valence-electron chi connectivity index (χ3n) is 4.39. The standard InChI is InChI=1S/C13H21NOSe/c15-13-11-8-4-5-9-12(11)16-14(13)10-6-2-1-3-7-10/h10-12H,1-9H2. The molecule has 90 valence electrons. The third-order valence-corrected chi connectivity index (χ3v) is 7.62. The van der Waals surface area contributed by atoms with Gasteiger partial charge in [0.05, 0.1) is 0 Å². The summed E-state index contributed by atoms with van der Waals surface area (Å²) >= 11 is 0.490. The van der Waals surface area contributed by atoms with Gasteiger partial charge in [0.15, 0.2) is 0 Å². The molecule has 0 aromatic carbocycles. The SMILES string of the molecule is O=C1C2CCCCC2[Se]N1C1CCCCC1. The van der Waals surface area contributed by atoms with Crippen molar-refractivity contribution in [2.75, 3.05) is 0 Å². The summed E-state index contributed by atoms with van der Waals surface area (Å²) in [7, 11) is 0. The first kappa shape index (κ1) is 11.1. The normalized spacial score (nSPS) is 36.5. The van der Waals surface area contributed by atoms with Crippen molar-refractivity contribution >= 4 is 21.1 Å². The van der Waals surface area contributed by atoms with E-state index in [2.05, 4.69) is 3.92 Å². The number of carbonyl (C=O) groups is 1. The Morgan fingerprint density at radius 1 is 0.938 bits per heavy atom. The molecule has 1 aliphatic heterocycles. The molecule has 2 nitrogen and oxygen atoms in total. The molecule has 16 heavy (non-hydrogen) atoms. The van der Waals surface area contributed by atoms with E-state index in [1.165, 1.54) is 57.8 Å². The van der Waals surface area contributed by atoms with Gasteiger partial charge in [0.25, 0.3) is 0 Å². The molecule has 3 rings (SSSR count). The molecule has 0 aromatic heterocycles. The number of amides is 1. The van der Waals surface area contributed by atoms with E-state index in [0.717, 1.165) is 4.82 Å². The number of hydrogen-bond donors (Lipinski definition) is 0. The van der Waals surface area contributed by atoms with Crippen LogP contribution in [0.15, 0.2) is 0 Å². The minimum absolute atomic E-state index is 0.440. The molecule has 2 unspecified atom stereocenters. The Balaban J connectivity index is 1.69. The van der Waals surface area contributed by atoms with Crippen molar-refractivity contribution in [1.82, 2.24) is 3.92 Å². The van der Waals surface area contributed by atoms with Crippen LogP contribution in [0.1, 0.15) is 57.8 Å². The summed E-state index contributed by atoms with van der Waals surface area (Å²) in [4.78, 5) is 13.2. The van der Waals surface area contributed by atoms with Crippen LogP contribution in [0, 0.1) is 5.92 Å². The number of rotatable bonds is 1. The van der Waals surface area contributed by atoms with Crippen LogP contribution in [0.4, 0.5) is 0 Å². The molecule has 2 aliphatic carbocycles. The van der Waals surface area contributed by atoms with Crippen LogP contribution in [0.5, 0.6) is 0 Å². The molecular formula is C13H21NOSe. The van der Waals surface area contributed by atoms with E-state index in [-0.39, 0.29) is 0 Å². The van der Waals surface area contributed by atoms with Gasteiger partial charge in [-0.05, 0) is 0 Å². The van der Waals surface area contributed by atoms with Gasteiger partial charge in [0, 0.05) is 0 Å². The monoisotopic (exact) mass is 287 g/mol. The Labute approximate surface area is 105 Å². The third kappa shape index (κ3) is 1.93. The summed E-state index contributed by atoms with van der Waals surface area (Å²) < 4.78 is 2.33. The van der Waals surface area contributed by atoms with Crippen molar-refractivity contribution in [3.8, 4) is 0 Å². The van der Waals surface area contributed by atoms with E-state index in [9.17, 15) is 4.79 Å². The van der Waals surface area contributed by atoms with Gasteiger partial charge in [-0.2, -0.15) is 0 Å². The summed E-state index contributed by atoms with van der Waals surface area (Å²) in [6, 6.07) is 0.631. The molecule has 0 N–H and O–H groups in total. The van der Waals surface area contributed by atoms with Crippen molar-refractivity contribution in [2.45, 2.75) is 68.6 Å². The van der Waals surface area contributed by atoms with Gasteiger partial charge in [-0.25, -0.2) is 0 Å². The molecule has 0 radical (unpaired) electrons. The molecule has 0 bridgehead atoms. The predicted octanol–water partition coefficient (Wildman–Crippen LogP) is 2.76. The Morgan fingerprint density at radius 3 is 2.38 bits per heavy atom. The molecule has 3 fully saturated rings.